The molecular weight excluding hydrogens is 739 g/mol. The third-order valence-corrected chi connectivity index (χ3v) is 14.9. The van der Waals surface area contributed by atoms with Gasteiger partial charge in [0.25, 0.3) is 0 Å². The van der Waals surface area contributed by atoms with Gasteiger partial charge in [0.15, 0.2) is 0 Å². The van der Waals surface area contributed by atoms with Gasteiger partial charge in [0.2, 0.25) is 0 Å². The van der Waals surface area contributed by atoms with E-state index in [0.717, 1.165) is 11.2 Å². The van der Waals surface area contributed by atoms with Gasteiger partial charge in [0.05, 0.1) is 11.4 Å². The Bertz CT molecular complexity index is 3190. The lowest BCUT2D eigenvalue weighted by Crippen LogP contribution is -2.22. The molecule has 1 aromatic heterocycles. The maximum absolute atomic E-state index is 6.99. The van der Waals surface area contributed by atoms with Crippen LogP contribution in [0.15, 0.2) is 132 Å². The van der Waals surface area contributed by atoms with Crippen LogP contribution in [0.2, 0.25) is 0 Å². The lowest BCUT2D eigenvalue weighted by Gasteiger charge is -2.34. The lowest BCUT2D eigenvalue weighted by molar-refractivity contribution is 0.559. The molecule has 0 saturated heterocycles. The quantitative estimate of drug-likeness (QED) is 0.177. The molecule has 0 spiro atoms. The van der Waals surface area contributed by atoms with E-state index in [1.54, 1.807) is 0 Å². The molecule has 0 unspecified atom stereocenters. The minimum Gasteiger partial charge on any atom is -0.456 e. The van der Waals surface area contributed by atoms with E-state index in [-0.39, 0.29) is 27.1 Å². The maximum Gasteiger partial charge on any atom is 0.139 e. The Morgan fingerprint density at radius 1 is 0.459 bits per heavy atom. The van der Waals surface area contributed by atoms with Crippen molar-refractivity contribution in [2.24, 2.45) is 0 Å². The summed E-state index contributed by atoms with van der Waals surface area (Å²) in [5.41, 5.74) is 23.6. The molecule has 11 rings (SSSR count). The van der Waals surface area contributed by atoms with E-state index >= 15 is 0 Å². The van der Waals surface area contributed by atoms with E-state index in [1.165, 1.54) is 106 Å². The first-order valence-corrected chi connectivity index (χ1v) is 22.3. The highest BCUT2D eigenvalue weighted by atomic mass is 16.3. The van der Waals surface area contributed by atoms with Crippen molar-refractivity contribution in [3.05, 3.63) is 172 Å². The van der Waals surface area contributed by atoms with Gasteiger partial charge in [-0.15, -0.1) is 0 Å². The molecular formula is C59H57NO. The van der Waals surface area contributed by atoms with Crippen molar-refractivity contribution in [1.29, 1.82) is 0 Å². The Kier molecular flexibility index (Phi) is 7.59. The standard InChI is InChI=1S/C59H57NO/c1-55(2,3)34-31-41-51-49(61-54(41)46(32-34)56(4,5)6)30-29-39-38-21-17-26-48(52(38)59(11,12)53(39)51)60(35-27-28-37-36-19-13-15-22-42(36)58(9,10)45(37)33-35)47-25-18-24-44-50(47)40-20-14-16-23-43(40)57(44,7)8/h13-33H,1-12H3. The monoisotopic (exact) mass is 795 g/mol. The van der Waals surface area contributed by atoms with Gasteiger partial charge in [0, 0.05) is 43.8 Å². The molecule has 0 aliphatic heterocycles. The van der Waals surface area contributed by atoms with E-state index in [9.17, 15) is 0 Å². The molecule has 0 N–H and O–H groups in total. The summed E-state index contributed by atoms with van der Waals surface area (Å²) in [6.45, 7) is 28.4. The number of benzene rings is 7. The topological polar surface area (TPSA) is 16.4 Å². The zero-order valence-electron chi connectivity index (χ0n) is 38.0. The van der Waals surface area contributed by atoms with Crippen LogP contribution in [0.25, 0.3) is 55.3 Å². The highest BCUT2D eigenvalue weighted by Gasteiger charge is 2.44. The van der Waals surface area contributed by atoms with Gasteiger partial charge < -0.3 is 9.32 Å². The number of nitrogens with zero attached hydrogens (tertiary/aromatic N) is 1. The van der Waals surface area contributed by atoms with Crippen molar-refractivity contribution < 1.29 is 4.42 Å². The Hall–Kier alpha value is -5.86. The molecule has 0 saturated carbocycles. The molecule has 0 radical (unpaired) electrons. The van der Waals surface area contributed by atoms with Crippen LogP contribution in [-0.4, -0.2) is 0 Å². The summed E-state index contributed by atoms with van der Waals surface area (Å²) in [6.07, 6.45) is 0. The Morgan fingerprint density at radius 2 is 1.03 bits per heavy atom. The largest absolute Gasteiger partial charge is 0.456 e. The third-order valence-electron chi connectivity index (χ3n) is 14.9. The van der Waals surface area contributed by atoms with Crippen molar-refractivity contribution in [2.75, 3.05) is 4.90 Å². The predicted molar refractivity (Wildman–Crippen MR) is 258 cm³/mol. The number of fused-ring (bicyclic) bond motifs is 13. The molecule has 3 aliphatic rings. The van der Waals surface area contributed by atoms with Gasteiger partial charge >= 0.3 is 0 Å². The molecule has 0 fully saturated rings. The summed E-state index contributed by atoms with van der Waals surface area (Å²) in [5.74, 6) is 0. The first-order chi connectivity index (χ1) is 28.8. The molecule has 3 aliphatic carbocycles. The first-order valence-electron chi connectivity index (χ1n) is 22.3. The Morgan fingerprint density at radius 3 is 1.75 bits per heavy atom. The number of furan rings is 1. The number of anilines is 3. The SMILES string of the molecule is CC(C)(C)c1cc(C(C)(C)C)c2oc3ccc4c(c3c2c1)C(C)(C)c1c-4cccc1N(c1ccc2c(c1)C(C)(C)c1ccccc1-2)c1cccc2c1-c1ccccc1C2(C)C. The van der Waals surface area contributed by atoms with Gasteiger partial charge in [-0.1, -0.05) is 174 Å². The fraction of sp³-hybridized carbons (Fsp3) is 0.288. The van der Waals surface area contributed by atoms with Crippen molar-refractivity contribution in [1.82, 2.24) is 0 Å². The van der Waals surface area contributed by atoms with Crippen LogP contribution in [0, 0.1) is 0 Å². The summed E-state index contributed by atoms with van der Waals surface area (Å²) in [6, 6.07) is 48.7. The normalized spacial score (nSPS) is 16.3. The van der Waals surface area contributed by atoms with Crippen LogP contribution in [0.4, 0.5) is 17.1 Å². The van der Waals surface area contributed by atoms with Crippen molar-refractivity contribution in [2.45, 2.75) is 110 Å². The Labute approximate surface area is 362 Å². The van der Waals surface area contributed by atoms with Crippen LogP contribution in [0.5, 0.6) is 0 Å². The molecule has 1 heterocycles. The van der Waals surface area contributed by atoms with Gasteiger partial charge in [-0.2, -0.15) is 0 Å². The van der Waals surface area contributed by atoms with Crippen LogP contribution < -0.4 is 4.90 Å². The minimum atomic E-state index is -0.364. The molecule has 0 atom stereocenters. The predicted octanol–water partition coefficient (Wildman–Crippen LogP) is 16.6. The highest BCUT2D eigenvalue weighted by Crippen LogP contribution is 2.61. The second-order valence-electron chi connectivity index (χ2n) is 21.8. The summed E-state index contributed by atoms with van der Waals surface area (Å²) >= 11 is 0. The molecule has 61 heavy (non-hydrogen) atoms. The van der Waals surface area contributed by atoms with Crippen molar-refractivity contribution >= 4 is 39.0 Å². The van der Waals surface area contributed by atoms with Gasteiger partial charge in [-0.3, -0.25) is 0 Å². The fourth-order valence-corrected chi connectivity index (χ4v) is 11.7. The van der Waals surface area contributed by atoms with E-state index < -0.39 is 0 Å². The molecule has 8 aromatic rings. The molecule has 0 bridgehead atoms. The zero-order valence-corrected chi connectivity index (χ0v) is 38.0. The van der Waals surface area contributed by atoms with Crippen LogP contribution in [0.1, 0.15) is 128 Å². The van der Waals surface area contributed by atoms with Crippen molar-refractivity contribution in [3.8, 4) is 33.4 Å². The van der Waals surface area contributed by atoms with Crippen molar-refractivity contribution in [3.63, 3.8) is 0 Å². The molecule has 304 valence electrons. The summed E-state index contributed by atoms with van der Waals surface area (Å²) in [4.78, 5) is 2.61. The van der Waals surface area contributed by atoms with E-state index in [1.807, 2.05) is 0 Å². The minimum absolute atomic E-state index is 0.0171. The average molecular weight is 796 g/mol. The summed E-state index contributed by atoms with van der Waals surface area (Å²) < 4.78 is 6.99. The van der Waals surface area contributed by atoms with Gasteiger partial charge in [-0.25, -0.2) is 0 Å². The third kappa shape index (κ3) is 5.08. The van der Waals surface area contributed by atoms with Gasteiger partial charge in [0.1, 0.15) is 11.2 Å². The van der Waals surface area contributed by atoms with Crippen LogP contribution in [0.3, 0.4) is 0 Å². The lowest BCUT2D eigenvalue weighted by atomic mass is 9.77. The first kappa shape index (κ1) is 38.1. The second-order valence-corrected chi connectivity index (χ2v) is 21.8. The maximum atomic E-state index is 6.99. The molecule has 2 nitrogen and oxygen atoms in total. The summed E-state index contributed by atoms with van der Waals surface area (Å²) in [5, 5.41) is 2.47. The highest BCUT2D eigenvalue weighted by molar-refractivity contribution is 6.13. The molecule has 0 amide bonds. The van der Waals surface area contributed by atoms with E-state index in [4.69, 9.17) is 4.42 Å². The second kappa shape index (κ2) is 12.2. The fourth-order valence-electron chi connectivity index (χ4n) is 11.7. The van der Waals surface area contributed by atoms with E-state index in [0.29, 0.717) is 0 Å². The molecule has 2 heteroatoms. The average Bonchev–Trinajstić information content (AvgIpc) is 3.86. The van der Waals surface area contributed by atoms with Gasteiger partial charge in [-0.05, 0) is 114 Å². The molecule has 7 aromatic carbocycles. The van der Waals surface area contributed by atoms with E-state index in [2.05, 4.69) is 215 Å². The van der Waals surface area contributed by atoms with Crippen LogP contribution >= 0.6 is 0 Å². The number of rotatable bonds is 3. The Balaban J connectivity index is 1.20. The van der Waals surface area contributed by atoms with Crippen LogP contribution in [-0.2, 0) is 27.1 Å². The number of hydrogen-bond acceptors (Lipinski definition) is 2. The summed E-state index contributed by atoms with van der Waals surface area (Å²) in [7, 11) is 0. The smallest absolute Gasteiger partial charge is 0.139 e. The zero-order chi connectivity index (χ0) is 42.8. The number of hydrogen-bond donors (Lipinski definition) is 0.